The Morgan fingerprint density at radius 1 is 0.811 bits per heavy atom. The lowest BCUT2D eigenvalue weighted by molar-refractivity contribution is 0.565. The van der Waals surface area contributed by atoms with Gasteiger partial charge < -0.3 is 24.6 Å². The van der Waals surface area contributed by atoms with Crippen LogP contribution in [0.15, 0.2) is 79.0 Å². The molecule has 6 nitrogen and oxygen atoms in total. The quantitative estimate of drug-likeness (QED) is 0.331. The van der Waals surface area contributed by atoms with Gasteiger partial charge in [0.25, 0.3) is 0 Å². The molecule has 1 aliphatic heterocycles. The van der Waals surface area contributed by atoms with Gasteiger partial charge in [-0.2, -0.15) is 0 Å². The predicted molar refractivity (Wildman–Crippen MR) is 158 cm³/mol. The third-order valence-electron chi connectivity index (χ3n) is 7.16. The molecule has 0 saturated carbocycles. The highest BCUT2D eigenvalue weighted by Gasteiger charge is 2.42. The Balaban J connectivity index is 1.62. The van der Waals surface area contributed by atoms with Crippen molar-refractivity contribution in [2.75, 3.05) is 42.9 Å². The Morgan fingerprint density at radius 2 is 1.41 bits per heavy atom. The number of benzene rings is 2. The standard InChI is InChI=1S/C30H34N6S/c1-20-19-26(21(2)35(20)24-14-10-22(11-15-24)33(3)4)29-28(27-9-7-8-18-31-27)32-30(37)36(29)25-16-12-23(13-17-25)34(5)6/h7-19,28-29H,1-6H3,(H,32,37)/t28-,29+/m0/s1. The third kappa shape index (κ3) is 4.55. The molecule has 0 unspecified atom stereocenters. The van der Waals surface area contributed by atoms with Gasteiger partial charge >= 0.3 is 0 Å². The molecule has 2 aromatic heterocycles. The molecule has 0 radical (unpaired) electrons. The zero-order valence-corrected chi connectivity index (χ0v) is 23.1. The van der Waals surface area contributed by atoms with Gasteiger partial charge in [0.1, 0.15) is 0 Å². The fourth-order valence-corrected chi connectivity index (χ4v) is 5.59. The number of hydrogen-bond acceptors (Lipinski definition) is 4. The monoisotopic (exact) mass is 510 g/mol. The molecule has 2 aromatic carbocycles. The van der Waals surface area contributed by atoms with Gasteiger partial charge in [-0.1, -0.05) is 6.07 Å². The van der Waals surface area contributed by atoms with Crippen LogP contribution in [-0.4, -0.2) is 42.9 Å². The zero-order valence-electron chi connectivity index (χ0n) is 22.3. The lowest BCUT2D eigenvalue weighted by Gasteiger charge is -2.28. The summed E-state index contributed by atoms with van der Waals surface area (Å²) in [5.74, 6) is 0. The molecule has 0 aliphatic carbocycles. The molecule has 1 saturated heterocycles. The van der Waals surface area contributed by atoms with Crippen LogP contribution in [-0.2, 0) is 0 Å². The van der Waals surface area contributed by atoms with Crippen LogP contribution < -0.4 is 20.0 Å². The summed E-state index contributed by atoms with van der Waals surface area (Å²) in [6.07, 6.45) is 1.85. The second kappa shape index (κ2) is 9.90. The molecule has 7 heteroatoms. The third-order valence-corrected chi connectivity index (χ3v) is 7.47. The second-order valence-electron chi connectivity index (χ2n) is 9.98. The maximum Gasteiger partial charge on any atom is 0.174 e. The molecule has 4 aromatic rings. The molecule has 3 heterocycles. The number of thiocarbonyl (C=S) groups is 1. The smallest absolute Gasteiger partial charge is 0.174 e. The van der Waals surface area contributed by atoms with E-state index in [1.165, 1.54) is 22.6 Å². The van der Waals surface area contributed by atoms with E-state index in [-0.39, 0.29) is 12.1 Å². The van der Waals surface area contributed by atoms with Gasteiger partial charge in [0.15, 0.2) is 5.11 Å². The van der Waals surface area contributed by atoms with E-state index in [2.05, 4.69) is 127 Å². The van der Waals surface area contributed by atoms with Gasteiger partial charge in [0.2, 0.25) is 0 Å². The number of rotatable bonds is 6. The number of nitrogens with one attached hydrogen (secondary N) is 1. The number of aryl methyl sites for hydroxylation is 1. The molecular formula is C30H34N6S. The highest BCUT2D eigenvalue weighted by molar-refractivity contribution is 7.80. The molecule has 1 N–H and O–H groups in total. The summed E-state index contributed by atoms with van der Waals surface area (Å²) in [4.78, 5) is 11.2. The summed E-state index contributed by atoms with van der Waals surface area (Å²) in [6, 6.07) is 25.5. The summed E-state index contributed by atoms with van der Waals surface area (Å²) in [6.45, 7) is 4.37. The average Bonchev–Trinajstić information content (AvgIpc) is 3.39. The van der Waals surface area contributed by atoms with Crippen molar-refractivity contribution in [3.8, 4) is 5.69 Å². The maximum atomic E-state index is 5.94. The van der Waals surface area contributed by atoms with Crippen molar-refractivity contribution in [1.82, 2.24) is 14.9 Å². The number of nitrogens with zero attached hydrogens (tertiary/aromatic N) is 5. The van der Waals surface area contributed by atoms with Crippen molar-refractivity contribution in [3.63, 3.8) is 0 Å². The van der Waals surface area contributed by atoms with Gasteiger partial charge in [-0.05, 0) is 98.4 Å². The number of aromatic nitrogens is 2. The lowest BCUT2D eigenvalue weighted by atomic mass is 9.96. The van der Waals surface area contributed by atoms with Crippen LogP contribution in [0.3, 0.4) is 0 Å². The van der Waals surface area contributed by atoms with Crippen molar-refractivity contribution < 1.29 is 0 Å². The normalized spacial score (nSPS) is 17.1. The van der Waals surface area contributed by atoms with Gasteiger partial charge in [-0.3, -0.25) is 4.98 Å². The predicted octanol–water partition coefficient (Wildman–Crippen LogP) is 5.80. The Labute approximate surface area is 225 Å². The first-order chi connectivity index (χ1) is 17.8. The van der Waals surface area contributed by atoms with Crippen molar-refractivity contribution >= 4 is 34.4 Å². The highest BCUT2D eigenvalue weighted by atomic mass is 32.1. The average molecular weight is 511 g/mol. The Kier molecular flexibility index (Phi) is 6.65. The number of pyridine rings is 1. The van der Waals surface area contributed by atoms with E-state index in [4.69, 9.17) is 17.2 Å². The molecule has 190 valence electrons. The first-order valence-electron chi connectivity index (χ1n) is 12.5. The molecule has 2 atom stereocenters. The minimum atomic E-state index is -0.0766. The van der Waals surface area contributed by atoms with E-state index in [1.54, 1.807) is 0 Å². The van der Waals surface area contributed by atoms with Gasteiger partial charge in [-0.25, -0.2) is 0 Å². The summed E-state index contributed by atoms with van der Waals surface area (Å²) >= 11 is 5.94. The second-order valence-corrected chi connectivity index (χ2v) is 10.4. The summed E-state index contributed by atoms with van der Waals surface area (Å²) in [7, 11) is 8.23. The van der Waals surface area contributed by atoms with E-state index in [9.17, 15) is 0 Å². The fraction of sp³-hybridized carbons (Fsp3) is 0.267. The summed E-state index contributed by atoms with van der Waals surface area (Å²) in [5, 5.41) is 4.30. The molecule has 0 bridgehead atoms. The Hall–Kier alpha value is -3.84. The maximum absolute atomic E-state index is 5.94. The van der Waals surface area contributed by atoms with Gasteiger partial charge in [0, 0.05) is 68.5 Å². The molecule has 5 rings (SSSR count). The van der Waals surface area contributed by atoms with Gasteiger partial charge in [-0.15, -0.1) is 0 Å². The van der Waals surface area contributed by atoms with Crippen LogP contribution >= 0.6 is 12.2 Å². The van der Waals surface area contributed by atoms with Crippen LogP contribution in [0.25, 0.3) is 5.69 Å². The Morgan fingerprint density at radius 3 is 1.95 bits per heavy atom. The van der Waals surface area contributed by atoms with E-state index < -0.39 is 0 Å². The van der Waals surface area contributed by atoms with E-state index >= 15 is 0 Å². The van der Waals surface area contributed by atoms with Crippen molar-refractivity contribution in [1.29, 1.82) is 0 Å². The molecular weight excluding hydrogens is 476 g/mol. The first-order valence-corrected chi connectivity index (χ1v) is 12.9. The van der Waals surface area contributed by atoms with E-state index in [1.807, 2.05) is 18.3 Å². The number of hydrogen-bond donors (Lipinski definition) is 1. The van der Waals surface area contributed by atoms with Crippen LogP contribution in [0.4, 0.5) is 17.1 Å². The van der Waals surface area contributed by atoms with E-state index in [0.29, 0.717) is 5.11 Å². The topological polar surface area (TPSA) is 39.6 Å². The number of anilines is 3. The lowest BCUT2D eigenvalue weighted by Crippen LogP contribution is -2.29. The molecule has 37 heavy (non-hydrogen) atoms. The van der Waals surface area contributed by atoms with Crippen LogP contribution in [0.1, 0.15) is 34.7 Å². The summed E-state index contributed by atoms with van der Waals surface area (Å²) < 4.78 is 2.33. The largest absolute Gasteiger partial charge is 0.378 e. The van der Waals surface area contributed by atoms with Gasteiger partial charge in [0.05, 0.1) is 17.8 Å². The molecule has 0 amide bonds. The van der Waals surface area contributed by atoms with Crippen LogP contribution in [0.5, 0.6) is 0 Å². The zero-order chi connectivity index (χ0) is 26.3. The molecule has 1 fully saturated rings. The highest BCUT2D eigenvalue weighted by Crippen LogP contribution is 2.44. The fourth-order valence-electron chi connectivity index (χ4n) is 5.24. The molecule has 1 aliphatic rings. The van der Waals surface area contributed by atoms with Crippen LogP contribution in [0.2, 0.25) is 0 Å². The van der Waals surface area contributed by atoms with Crippen LogP contribution in [0, 0.1) is 13.8 Å². The van der Waals surface area contributed by atoms with Crippen molar-refractivity contribution in [2.24, 2.45) is 0 Å². The Bertz CT molecular complexity index is 1390. The summed E-state index contributed by atoms with van der Waals surface area (Å²) in [5.41, 5.74) is 9.13. The SMILES string of the molecule is Cc1cc([C@@H]2[C@H](c3ccccn3)NC(=S)N2c2ccc(N(C)C)cc2)c(C)n1-c1ccc(N(C)C)cc1. The van der Waals surface area contributed by atoms with Crippen molar-refractivity contribution in [2.45, 2.75) is 25.9 Å². The van der Waals surface area contributed by atoms with E-state index in [0.717, 1.165) is 22.8 Å². The molecule has 0 spiro atoms. The first kappa shape index (κ1) is 24.8. The minimum absolute atomic E-state index is 0.0476. The minimum Gasteiger partial charge on any atom is -0.378 e. The van der Waals surface area contributed by atoms with Crippen molar-refractivity contribution in [3.05, 3.63) is 102 Å².